The summed E-state index contributed by atoms with van der Waals surface area (Å²) in [5.41, 5.74) is 0.456. The molecule has 2 N–H and O–H groups in total. The third kappa shape index (κ3) is 2.91. The topological polar surface area (TPSA) is 109 Å². The van der Waals surface area contributed by atoms with Crippen LogP contribution in [0.3, 0.4) is 0 Å². The average Bonchev–Trinajstić information content (AvgIpc) is 2.39. The zero-order valence-electron chi connectivity index (χ0n) is 10.4. The van der Waals surface area contributed by atoms with Gasteiger partial charge in [-0.15, -0.1) is 0 Å². The van der Waals surface area contributed by atoms with E-state index in [0.29, 0.717) is 0 Å². The van der Waals surface area contributed by atoms with Crippen LogP contribution in [0, 0.1) is 6.92 Å². The maximum atomic E-state index is 12.1. The Balaban J connectivity index is 2.38. The van der Waals surface area contributed by atoms with Crippen molar-refractivity contribution in [2.75, 3.05) is 4.72 Å². The van der Waals surface area contributed by atoms with Gasteiger partial charge < -0.3 is 5.11 Å². The molecule has 2 rings (SSSR count). The highest BCUT2D eigenvalue weighted by atomic mass is 32.2. The number of carbonyl (C=O) groups is 1. The van der Waals surface area contributed by atoms with Crippen LogP contribution in [0.5, 0.6) is 0 Å². The van der Waals surface area contributed by atoms with Gasteiger partial charge in [0.1, 0.15) is 0 Å². The number of aromatic carboxylic acids is 1. The number of hydrogen-bond acceptors (Lipinski definition) is 5. The van der Waals surface area contributed by atoms with E-state index in [1.807, 2.05) is 6.92 Å². The van der Waals surface area contributed by atoms with E-state index in [4.69, 9.17) is 5.11 Å². The number of nitrogens with zero attached hydrogens (tertiary/aromatic N) is 2. The smallest absolute Gasteiger partial charge is 0.358 e. The summed E-state index contributed by atoms with van der Waals surface area (Å²) >= 11 is 0. The van der Waals surface area contributed by atoms with Crippen LogP contribution in [-0.4, -0.2) is 29.5 Å². The lowest BCUT2D eigenvalue weighted by Gasteiger charge is -2.08. The van der Waals surface area contributed by atoms with E-state index in [-0.39, 0.29) is 10.7 Å². The van der Waals surface area contributed by atoms with Gasteiger partial charge >= 0.3 is 5.97 Å². The molecule has 0 bridgehead atoms. The van der Waals surface area contributed by atoms with Crippen LogP contribution >= 0.6 is 0 Å². The standard InChI is InChI=1S/C12H11N3O4S/c1-8-2-4-9(5-3-8)20(18,19)15-11-10(12(16)17)13-6-7-14-11/h2-7H,1H3,(H,14,15)(H,16,17). The van der Waals surface area contributed by atoms with Crippen LogP contribution in [0.1, 0.15) is 16.1 Å². The Labute approximate surface area is 115 Å². The van der Waals surface area contributed by atoms with Gasteiger partial charge in [-0.05, 0) is 19.1 Å². The second-order valence-corrected chi connectivity index (χ2v) is 5.66. The first kappa shape index (κ1) is 13.9. The molecular formula is C12H11N3O4S. The lowest BCUT2D eigenvalue weighted by molar-refractivity contribution is 0.0691. The van der Waals surface area contributed by atoms with Crippen molar-refractivity contribution in [3.63, 3.8) is 0 Å². The Morgan fingerprint density at radius 3 is 2.35 bits per heavy atom. The number of aromatic nitrogens is 2. The minimum atomic E-state index is -3.90. The van der Waals surface area contributed by atoms with Crippen LogP contribution in [0.2, 0.25) is 0 Å². The first-order valence-electron chi connectivity index (χ1n) is 5.54. The highest BCUT2D eigenvalue weighted by Crippen LogP contribution is 2.16. The van der Waals surface area contributed by atoms with Crippen LogP contribution < -0.4 is 4.72 Å². The number of anilines is 1. The molecular weight excluding hydrogens is 282 g/mol. The monoisotopic (exact) mass is 293 g/mol. The third-order valence-electron chi connectivity index (χ3n) is 2.46. The Kier molecular flexibility index (Phi) is 3.66. The summed E-state index contributed by atoms with van der Waals surface area (Å²) in [6.07, 6.45) is 2.38. The highest BCUT2D eigenvalue weighted by Gasteiger charge is 2.20. The summed E-state index contributed by atoms with van der Waals surface area (Å²) in [5, 5.41) is 8.93. The molecule has 7 nitrogen and oxygen atoms in total. The molecule has 0 saturated carbocycles. The van der Waals surface area contributed by atoms with Crippen LogP contribution in [0.15, 0.2) is 41.6 Å². The average molecular weight is 293 g/mol. The Morgan fingerprint density at radius 1 is 1.15 bits per heavy atom. The fourth-order valence-corrected chi connectivity index (χ4v) is 2.49. The van der Waals surface area contributed by atoms with Gasteiger partial charge in [0.2, 0.25) is 0 Å². The molecule has 20 heavy (non-hydrogen) atoms. The van der Waals surface area contributed by atoms with Crippen LogP contribution in [-0.2, 0) is 10.0 Å². The number of rotatable bonds is 4. The van der Waals surface area contributed by atoms with Gasteiger partial charge in [-0.3, -0.25) is 4.72 Å². The molecule has 0 unspecified atom stereocenters. The van der Waals surface area contributed by atoms with Gasteiger partial charge in [0.25, 0.3) is 10.0 Å². The minimum Gasteiger partial charge on any atom is -0.476 e. The molecule has 2 aromatic rings. The second-order valence-electron chi connectivity index (χ2n) is 3.98. The van der Waals surface area contributed by atoms with Crippen molar-refractivity contribution >= 4 is 21.8 Å². The third-order valence-corrected chi connectivity index (χ3v) is 3.82. The molecule has 104 valence electrons. The predicted molar refractivity (Wildman–Crippen MR) is 71.0 cm³/mol. The van der Waals surface area contributed by atoms with Crippen molar-refractivity contribution in [3.05, 3.63) is 47.9 Å². The van der Waals surface area contributed by atoms with Gasteiger partial charge in [-0.1, -0.05) is 17.7 Å². The fourth-order valence-electron chi connectivity index (χ4n) is 1.47. The molecule has 0 atom stereocenters. The Morgan fingerprint density at radius 2 is 1.75 bits per heavy atom. The van der Waals surface area contributed by atoms with Crippen molar-refractivity contribution in [3.8, 4) is 0 Å². The van der Waals surface area contributed by atoms with Gasteiger partial charge in [-0.25, -0.2) is 23.2 Å². The van der Waals surface area contributed by atoms with E-state index in [1.54, 1.807) is 12.1 Å². The fraction of sp³-hybridized carbons (Fsp3) is 0.0833. The molecule has 0 spiro atoms. The molecule has 8 heteroatoms. The van der Waals surface area contributed by atoms with E-state index < -0.39 is 21.7 Å². The van der Waals surface area contributed by atoms with E-state index in [1.165, 1.54) is 24.5 Å². The van der Waals surface area contributed by atoms with Gasteiger partial charge in [-0.2, -0.15) is 0 Å². The van der Waals surface area contributed by atoms with E-state index in [2.05, 4.69) is 14.7 Å². The highest BCUT2D eigenvalue weighted by molar-refractivity contribution is 7.92. The summed E-state index contributed by atoms with van der Waals surface area (Å²) in [6, 6.07) is 6.13. The summed E-state index contributed by atoms with van der Waals surface area (Å²) in [5.74, 6) is -1.68. The number of carboxylic acids is 1. The summed E-state index contributed by atoms with van der Waals surface area (Å²) in [6.45, 7) is 1.83. The van der Waals surface area contributed by atoms with Crippen LogP contribution in [0.4, 0.5) is 5.82 Å². The maximum absolute atomic E-state index is 12.1. The van der Waals surface area contributed by atoms with E-state index >= 15 is 0 Å². The van der Waals surface area contributed by atoms with Gasteiger partial charge in [0, 0.05) is 12.4 Å². The zero-order chi connectivity index (χ0) is 14.8. The minimum absolute atomic E-state index is 0.0186. The zero-order valence-corrected chi connectivity index (χ0v) is 11.3. The maximum Gasteiger partial charge on any atom is 0.358 e. The van der Waals surface area contributed by atoms with E-state index in [0.717, 1.165) is 5.56 Å². The molecule has 0 aliphatic carbocycles. The summed E-state index contributed by atoms with van der Waals surface area (Å²) in [4.78, 5) is 18.2. The summed E-state index contributed by atoms with van der Waals surface area (Å²) < 4.78 is 26.4. The molecule has 0 aliphatic rings. The molecule has 1 heterocycles. The van der Waals surface area contributed by atoms with Crippen molar-refractivity contribution in [1.82, 2.24) is 9.97 Å². The first-order chi connectivity index (χ1) is 9.40. The quantitative estimate of drug-likeness (QED) is 0.879. The Hall–Kier alpha value is -2.48. The molecule has 0 fully saturated rings. The number of carboxylic acid groups (broad SMARTS) is 1. The van der Waals surface area contributed by atoms with E-state index in [9.17, 15) is 13.2 Å². The molecule has 0 aliphatic heterocycles. The van der Waals surface area contributed by atoms with Crippen molar-refractivity contribution < 1.29 is 18.3 Å². The molecule has 1 aromatic carbocycles. The molecule has 0 amide bonds. The van der Waals surface area contributed by atoms with Crippen molar-refractivity contribution in [1.29, 1.82) is 0 Å². The number of nitrogens with one attached hydrogen (secondary N) is 1. The lowest BCUT2D eigenvalue weighted by atomic mass is 10.2. The lowest BCUT2D eigenvalue weighted by Crippen LogP contribution is -2.17. The first-order valence-corrected chi connectivity index (χ1v) is 7.02. The second kappa shape index (κ2) is 5.25. The van der Waals surface area contributed by atoms with Gasteiger partial charge in [0.15, 0.2) is 11.5 Å². The van der Waals surface area contributed by atoms with Crippen molar-refractivity contribution in [2.24, 2.45) is 0 Å². The largest absolute Gasteiger partial charge is 0.476 e. The van der Waals surface area contributed by atoms with Gasteiger partial charge in [0.05, 0.1) is 4.90 Å². The SMILES string of the molecule is Cc1ccc(S(=O)(=O)Nc2nccnc2C(=O)O)cc1. The predicted octanol–water partition coefficient (Wildman–Crippen LogP) is 1.28. The number of benzene rings is 1. The number of aryl methyl sites for hydroxylation is 1. The van der Waals surface area contributed by atoms with Crippen LogP contribution in [0.25, 0.3) is 0 Å². The van der Waals surface area contributed by atoms with Crippen molar-refractivity contribution in [2.45, 2.75) is 11.8 Å². The summed E-state index contributed by atoms with van der Waals surface area (Å²) in [7, 11) is -3.90. The molecule has 1 aromatic heterocycles. The normalized spacial score (nSPS) is 11.1. The molecule has 0 saturated heterocycles. The molecule has 0 radical (unpaired) electrons. The number of hydrogen-bond donors (Lipinski definition) is 2. The number of sulfonamides is 1. The Bertz CT molecular complexity index is 742.